The molecule has 2 atom stereocenters. The zero-order valence-corrected chi connectivity index (χ0v) is 11.4. The van der Waals surface area contributed by atoms with Crippen LogP contribution in [-0.4, -0.2) is 28.7 Å². The van der Waals surface area contributed by atoms with E-state index >= 15 is 0 Å². The van der Waals surface area contributed by atoms with Gasteiger partial charge >= 0.3 is 0 Å². The molecular weight excluding hydrogens is 228 g/mol. The number of carbonyl (C=O) groups is 1. The summed E-state index contributed by atoms with van der Waals surface area (Å²) in [5, 5.41) is 13.1. The van der Waals surface area contributed by atoms with Gasteiger partial charge in [0, 0.05) is 6.54 Å². The van der Waals surface area contributed by atoms with Gasteiger partial charge < -0.3 is 16.2 Å². The molecule has 2 fully saturated rings. The van der Waals surface area contributed by atoms with Crippen LogP contribution in [0.1, 0.15) is 58.3 Å². The molecule has 0 saturated heterocycles. The molecule has 18 heavy (non-hydrogen) atoms. The number of rotatable bonds is 3. The first-order chi connectivity index (χ1) is 8.44. The molecule has 0 spiro atoms. The van der Waals surface area contributed by atoms with E-state index in [2.05, 4.69) is 12.2 Å². The summed E-state index contributed by atoms with van der Waals surface area (Å²) in [5.74, 6) is 0.443. The highest BCUT2D eigenvalue weighted by Gasteiger charge is 2.39. The maximum Gasteiger partial charge on any atom is 0.240 e. The number of nitrogens with one attached hydrogen (secondary N) is 1. The molecule has 2 aliphatic rings. The van der Waals surface area contributed by atoms with Gasteiger partial charge in [-0.05, 0) is 31.6 Å². The highest BCUT2D eigenvalue weighted by molar-refractivity contribution is 5.86. The molecule has 4 N–H and O–H groups in total. The molecule has 1 amide bonds. The molecule has 4 nitrogen and oxygen atoms in total. The van der Waals surface area contributed by atoms with Crippen LogP contribution in [0.3, 0.4) is 0 Å². The summed E-state index contributed by atoms with van der Waals surface area (Å²) >= 11 is 0. The Bertz CT molecular complexity index is 313. The summed E-state index contributed by atoms with van der Waals surface area (Å²) in [4.78, 5) is 12.2. The van der Waals surface area contributed by atoms with Crippen molar-refractivity contribution in [1.29, 1.82) is 0 Å². The number of carbonyl (C=O) groups excluding carboxylic acids is 1. The molecule has 0 heterocycles. The third-order valence-corrected chi connectivity index (χ3v) is 4.60. The van der Waals surface area contributed by atoms with Crippen molar-refractivity contribution in [2.24, 2.45) is 11.7 Å². The molecule has 0 bridgehead atoms. The normalized spacial score (nSPS) is 35.4. The Labute approximate surface area is 109 Å². The molecule has 0 aromatic rings. The van der Waals surface area contributed by atoms with E-state index in [0.717, 1.165) is 51.4 Å². The molecule has 0 radical (unpaired) electrons. The molecule has 4 heteroatoms. The first kappa shape index (κ1) is 13.8. The molecular formula is C14H26N2O2. The molecule has 2 saturated carbocycles. The van der Waals surface area contributed by atoms with Crippen LogP contribution in [0, 0.1) is 5.92 Å². The van der Waals surface area contributed by atoms with Crippen LogP contribution >= 0.6 is 0 Å². The second-order valence-electron chi connectivity index (χ2n) is 6.47. The third kappa shape index (κ3) is 3.04. The first-order valence-corrected chi connectivity index (χ1v) is 7.23. The van der Waals surface area contributed by atoms with Gasteiger partial charge in [0.25, 0.3) is 0 Å². The summed E-state index contributed by atoms with van der Waals surface area (Å²) < 4.78 is 0. The van der Waals surface area contributed by atoms with Gasteiger partial charge in [-0.2, -0.15) is 0 Å². The second-order valence-corrected chi connectivity index (χ2v) is 6.47. The summed E-state index contributed by atoms with van der Waals surface area (Å²) in [6.45, 7) is 2.51. The van der Waals surface area contributed by atoms with Crippen molar-refractivity contribution in [1.82, 2.24) is 5.32 Å². The quantitative estimate of drug-likeness (QED) is 0.711. The van der Waals surface area contributed by atoms with Gasteiger partial charge in [-0.25, -0.2) is 0 Å². The fraction of sp³-hybridized carbons (Fsp3) is 0.929. The Hall–Kier alpha value is -0.610. The Morgan fingerprint density at radius 1 is 1.33 bits per heavy atom. The molecule has 0 aliphatic heterocycles. The van der Waals surface area contributed by atoms with Gasteiger partial charge in [0.2, 0.25) is 5.91 Å². The van der Waals surface area contributed by atoms with E-state index in [4.69, 9.17) is 5.73 Å². The Morgan fingerprint density at radius 2 is 2.00 bits per heavy atom. The van der Waals surface area contributed by atoms with Crippen LogP contribution in [0.5, 0.6) is 0 Å². The van der Waals surface area contributed by atoms with Crippen LogP contribution in [0.2, 0.25) is 0 Å². The van der Waals surface area contributed by atoms with E-state index in [-0.39, 0.29) is 5.91 Å². The minimum Gasteiger partial charge on any atom is -0.388 e. The van der Waals surface area contributed by atoms with E-state index in [1.807, 2.05) is 0 Å². The number of hydrogen-bond acceptors (Lipinski definition) is 3. The largest absolute Gasteiger partial charge is 0.388 e. The highest BCUT2D eigenvalue weighted by Crippen LogP contribution is 2.32. The molecule has 104 valence electrons. The summed E-state index contributed by atoms with van der Waals surface area (Å²) in [6.07, 6.45) is 7.40. The van der Waals surface area contributed by atoms with Gasteiger partial charge in [-0.1, -0.05) is 32.6 Å². The van der Waals surface area contributed by atoms with Gasteiger partial charge in [0.1, 0.15) is 0 Å². The van der Waals surface area contributed by atoms with E-state index in [9.17, 15) is 9.90 Å². The number of amides is 1. The topological polar surface area (TPSA) is 75.4 Å². The van der Waals surface area contributed by atoms with E-state index in [0.29, 0.717) is 12.5 Å². The Balaban J connectivity index is 1.87. The summed E-state index contributed by atoms with van der Waals surface area (Å²) in [6, 6.07) is 0. The smallest absolute Gasteiger partial charge is 0.240 e. The fourth-order valence-corrected chi connectivity index (χ4v) is 3.43. The monoisotopic (exact) mass is 254 g/mol. The lowest BCUT2D eigenvalue weighted by Crippen LogP contribution is -2.58. The summed E-state index contributed by atoms with van der Waals surface area (Å²) in [7, 11) is 0. The number of aliphatic hydroxyl groups is 1. The zero-order chi connectivity index (χ0) is 13.2. The highest BCUT2D eigenvalue weighted by atomic mass is 16.3. The third-order valence-electron chi connectivity index (χ3n) is 4.60. The predicted octanol–water partition coefficient (Wildman–Crippen LogP) is 1.32. The van der Waals surface area contributed by atoms with Crippen molar-refractivity contribution in [3.8, 4) is 0 Å². The van der Waals surface area contributed by atoms with Gasteiger partial charge in [-0.15, -0.1) is 0 Å². The van der Waals surface area contributed by atoms with E-state index < -0.39 is 11.1 Å². The van der Waals surface area contributed by atoms with Gasteiger partial charge in [-0.3, -0.25) is 4.79 Å². The number of hydrogen-bond donors (Lipinski definition) is 3. The molecule has 2 rings (SSSR count). The lowest BCUT2D eigenvalue weighted by Gasteiger charge is -2.36. The van der Waals surface area contributed by atoms with Crippen molar-refractivity contribution in [3.05, 3.63) is 0 Å². The predicted molar refractivity (Wildman–Crippen MR) is 71.0 cm³/mol. The van der Waals surface area contributed by atoms with Crippen molar-refractivity contribution < 1.29 is 9.90 Å². The average Bonchev–Trinajstić information content (AvgIpc) is 2.73. The number of nitrogens with two attached hydrogens (primary N) is 1. The van der Waals surface area contributed by atoms with Crippen molar-refractivity contribution >= 4 is 5.91 Å². The lowest BCUT2D eigenvalue weighted by molar-refractivity contribution is -0.129. The second kappa shape index (κ2) is 5.17. The average molecular weight is 254 g/mol. The van der Waals surface area contributed by atoms with Crippen molar-refractivity contribution in [3.63, 3.8) is 0 Å². The van der Waals surface area contributed by atoms with E-state index in [1.165, 1.54) is 0 Å². The maximum absolute atomic E-state index is 12.2. The zero-order valence-electron chi connectivity index (χ0n) is 11.4. The first-order valence-electron chi connectivity index (χ1n) is 7.23. The minimum absolute atomic E-state index is 0.0747. The Kier molecular flexibility index (Phi) is 3.97. The van der Waals surface area contributed by atoms with Crippen LogP contribution in [0.15, 0.2) is 0 Å². The minimum atomic E-state index is -0.716. The van der Waals surface area contributed by atoms with Gasteiger partial charge in [0.05, 0.1) is 11.1 Å². The molecule has 0 aromatic carbocycles. The van der Waals surface area contributed by atoms with Crippen LogP contribution < -0.4 is 11.1 Å². The summed E-state index contributed by atoms with van der Waals surface area (Å²) in [5.41, 5.74) is 4.82. The maximum atomic E-state index is 12.2. The van der Waals surface area contributed by atoms with Gasteiger partial charge in [0.15, 0.2) is 0 Å². The van der Waals surface area contributed by atoms with Crippen LogP contribution in [0.4, 0.5) is 0 Å². The lowest BCUT2D eigenvalue weighted by atomic mass is 9.76. The Morgan fingerprint density at radius 3 is 2.61 bits per heavy atom. The molecule has 2 unspecified atom stereocenters. The fourth-order valence-electron chi connectivity index (χ4n) is 3.43. The van der Waals surface area contributed by atoms with E-state index in [1.54, 1.807) is 0 Å². The molecule has 0 aromatic heterocycles. The van der Waals surface area contributed by atoms with Crippen LogP contribution in [-0.2, 0) is 4.79 Å². The van der Waals surface area contributed by atoms with Crippen molar-refractivity contribution in [2.75, 3.05) is 6.54 Å². The molecule has 2 aliphatic carbocycles. The van der Waals surface area contributed by atoms with Crippen LogP contribution in [0.25, 0.3) is 0 Å². The SMILES string of the molecule is CC1CCCC(N)(C(=O)NCC2(O)CCCC2)C1. The standard InChI is InChI=1S/C14H26N2O2/c1-11-5-4-8-14(15,9-11)12(17)16-10-13(18)6-2-3-7-13/h11,18H,2-10,15H2,1H3,(H,16,17). The van der Waals surface area contributed by atoms with Crippen molar-refractivity contribution in [2.45, 2.75) is 69.4 Å².